The average Bonchev–Trinajstić information content (AvgIpc) is 3.16. The number of carbonyl (C=O) groups is 1. The molecule has 0 saturated carbocycles. The molecule has 2 heterocycles. The number of carbonyl (C=O) groups excluding carboxylic acids is 1. The lowest BCUT2D eigenvalue weighted by Gasteiger charge is -2.07. The minimum absolute atomic E-state index is 0.139. The number of anilines is 1. The van der Waals surface area contributed by atoms with Crippen LogP contribution in [0.5, 0.6) is 0 Å². The van der Waals surface area contributed by atoms with E-state index in [1.54, 1.807) is 35.3 Å². The molecule has 1 amide bonds. The fourth-order valence-corrected chi connectivity index (χ4v) is 3.58. The molecule has 0 atom stereocenters. The highest BCUT2D eigenvalue weighted by Crippen LogP contribution is 2.16. The van der Waals surface area contributed by atoms with Crippen molar-refractivity contribution in [3.8, 4) is 5.82 Å². The summed E-state index contributed by atoms with van der Waals surface area (Å²) in [5.41, 5.74) is 0.481. The Morgan fingerprint density at radius 3 is 2.54 bits per heavy atom. The molecule has 0 radical (unpaired) electrons. The van der Waals surface area contributed by atoms with Crippen LogP contribution >= 0.6 is 11.6 Å². The number of amides is 1. The summed E-state index contributed by atoms with van der Waals surface area (Å²) in [5, 5.41) is 7.14. The van der Waals surface area contributed by atoms with Gasteiger partial charge in [0.15, 0.2) is 15.7 Å². The number of pyridine rings is 1. The van der Waals surface area contributed by atoms with Crippen molar-refractivity contribution in [1.82, 2.24) is 14.8 Å². The molecule has 26 heavy (non-hydrogen) atoms. The third-order valence-electron chi connectivity index (χ3n) is 3.54. The van der Waals surface area contributed by atoms with Gasteiger partial charge in [0.25, 0.3) is 0 Å². The van der Waals surface area contributed by atoms with Crippen LogP contribution in [0.3, 0.4) is 0 Å². The van der Waals surface area contributed by atoms with Crippen LogP contribution in [0.1, 0.15) is 6.42 Å². The van der Waals surface area contributed by atoms with E-state index in [-0.39, 0.29) is 17.1 Å². The number of benzene rings is 1. The summed E-state index contributed by atoms with van der Waals surface area (Å²) in [5.74, 6) is -0.0892. The summed E-state index contributed by atoms with van der Waals surface area (Å²) in [6.45, 7) is 0. The topological polar surface area (TPSA) is 94.0 Å². The molecule has 1 N–H and O–H groups in total. The van der Waals surface area contributed by atoms with Crippen molar-refractivity contribution in [3.63, 3.8) is 0 Å². The Hall–Kier alpha value is -2.71. The van der Waals surface area contributed by atoms with E-state index >= 15 is 0 Å². The van der Waals surface area contributed by atoms with Gasteiger partial charge in [-0.15, -0.1) is 0 Å². The number of nitrogens with one attached hydrogen (secondary N) is 1. The second-order valence-corrected chi connectivity index (χ2v) is 7.97. The maximum atomic E-state index is 12.2. The predicted octanol–water partition coefficient (Wildman–Crippen LogP) is 2.72. The van der Waals surface area contributed by atoms with E-state index in [9.17, 15) is 13.2 Å². The van der Waals surface area contributed by atoms with Gasteiger partial charge in [-0.3, -0.25) is 4.79 Å². The van der Waals surface area contributed by atoms with E-state index in [1.807, 2.05) is 0 Å². The molecule has 134 valence electrons. The first-order chi connectivity index (χ1) is 12.4. The van der Waals surface area contributed by atoms with Crippen LogP contribution in [0.25, 0.3) is 5.82 Å². The Morgan fingerprint density at radius 2 is 1.92 bits per heavy atom. The molecule has 0 aliphatic heterocycles. The highest BCUT2D eigenvalue weighted by molar-refractivity contribution is 7.91. The summed E-state index contributed by atoms with van der Waals surface area (Å²) >= 11 is 5.75. The molecule has 3 rings (SSSR count). The second-order valence-electron chi connectivity index (χ2n) is 5.43. The van der Waals surface area contributed by atoms with Crippen molar-refractivity contribution in [3.05, 3.63) is 66.1 Å². The first kappa shape index (κ1) is 18.1. The normalized spacial score (nSPS) is 11.3. The standard InChI is InChI=1S/C17H15ClN4O3S/c18-13-2-5-15(6-3-13)26(24,25)11-8-17(23)21-14-4-7-16(19-12-14)22-10-1-9-20-22/h1-7,9-10,12H,8,11H2,(H,21,23). The number of sulfone groups is 1. The highest BCUT2D eigenvalue weighted by atomic mass is 35.5. The minimum Gasteiger partial charge on any atom is -0.325 e. The Kier molecular flexibility index (Phi) is 5.34. The average molecular weight is 391 g/mol. The number of aromatic nitrogens is 3. The molecule has 0 bridgehead atoms. The molecule has 0 unspecified atom stereocenters. The molecular formula is C17H15ClN4O3S. The van der Waals surface area contributed by atoms with Gasteiger partial charge < -0.3 is 5.32 Å². The summed E-state index contributed by atoms with van der Waals surface area (Å²) in [6, 6.07) is 11.0. The molecule has 0 fully saturated rings. The second kappa shape index (κ2) is 7.67. The molecule has 1 aromatic carbocycles. The highest BCUT2D eigenvalue weighted by Gasteiger charge is 2.16. The Labute approximate surface area is 155 Å². The van der Waals surface area contributed by atoms with Crippen LogP contribution in [-0.4, -0.2) is 34.8 Å². The maximum Gasteiger partial charge on any atom is 0.225 e. The van der Waals surface area contributed by atoms with Crippen molar-refractivity contribution in [1.29, 1.82) is 0 Å². The third kappa shape index (κ3) is 4.47. The molecule has 7 nitrogen and oxygen atoms in total. The van der Waals surface area contributed by atoms with E-state index < -0.39 is 15.7 Å². The molecule has 0 aliphatic carbocycles. The number of hydrogen-bond donors (Lipinski definition) is 1. The van der Waals surface area contributed by atoms with Gasteiger partial charge in [-0.25, -0.2) is 18.1 Å². The van der Waals surface area contributed by atoms with Gasteiger partial charge in [-0.05, 0) is 42.5 Å². The van der Waals surface area contributed by atoms with Gasteiger partial charge in [-0.1, -0.05) is 11.6 Å². The Morgan fingerprint density at radius 1 is 1.15 bits per heavy atom. The number of hydrogen-bond acceptors (Lipinski definition) is 5. The molecule has 9 heteroatoms. The van der Waals surface area contributed by atoms with Crippen LogP contribution < -0.4 is 5.32 Å². The van der Waals surface area contributed by atoms with Gasteiger partial charge in [0.2, 0.25) is 5.91 Å². The smallest absolute Gasteiger partial charge is 0.225 e. The van der Waals surface area contributed by atoms with Crippen LogP contribution in [0.4, 0.5) is 5.69 Å². The van der Waals surface area contributed by atoms with Crippen LogP contribution in [0.2, 0.25) is 5.02 Å². The molecule has 0 aliphatic rings. The zero-order chi connectivity index (χ0) is 18.6. The lowest BCUT2D eigenvalue weighted by Crippen LogP contribution is -2.17. The molecule has 0 saturated heterocycles. The Balaban J connectivity index is 1.58. The monoisotopic (exact) mass is 390 g/mol. The summed E-state index contributed by atoms with van der Waals surface area (Å²) in [7, 11) is -3.55. The number of halogens is 1. The van der Waals surface area contributed by atoms with Gasteiger partial charge >= 0.3 is 0 Å². The number of nitrogens with zero attached hydrogens (tertiary/aromatic N) is 3. The minimum atomic E-state index is -3.55. The molecule has 3 aromatic rings. The fourth-order valence-electron chi connectivity index (χ4n) is 2.21. The van der Waals surface area contributed by atoms with Crippen molar-refractivity contribution < 1.29 is 13.2 Å². The number of rotatable bonds is 6. The van der Waals surface area contributed by atoms with E-state index in [1.165, 1.54) is 30.5 Å². The predicted molar refractivity (Wildman–Crippen MR) is 98.1 cm³/mol. The molecule has 2 aromatic heterocycles. The first-order valence-corrected chi connectivity index (χ1v) is 9.71. The van der Waals surface area contributed by atoms with Crippen LogP contribution in [0, 0.1) is 0 Å². The quantitative estimate of drug-likeness (QED) is 0.698. The van der Waals surface area contributed by atoms with Gasteiger partial charge in [0.05, 0.1) is 22.5 Å². The third-order valence-corrected chi connectivity index (χ3v) is 5.53. The van der Waals surface area contributed by atoms with Gasteiger partial charge in [0.1, 0.15) is 0 Å². The van der Waals surface area contributed by atoms with E-state index in [0.29, 0.717) is 16.5 Å². The van der Waals surface area contributed by atoms with Gasteiger partial charge in [-0.2, -0.15) is 5.10 Å². The summed E-state index contributed by atoms with van der Waals surface area (Å²) in [4.78, 5) is 16.3. The Bertz CT molecular complexity index is 986. The zero-order valence-electron chi connectivity index (χ0n) is 13.5. The van der Waals surface area contributed by atoms with E-state index in [0.717, 1.165) is 0 Å². The fraction of sp³-hybridized carbons (Fsp3) is 0.118. The molecular weight excluding hydrogens is 376 g/mol. The van der Waals surface area contributed by atoms with Crippen LogP contribution in [-0.2, 0) is 14.6 Å². The van der Waals surface area contributed by atoms with Crippen LogP contribution in [0.15, 0.2) is 66.0 Å². The SMILES string of the molecule is O=C(CCS(=O)(=O)c1ccc(Cl)cc1)Nc1ccc(-n2cccn2)nc1. The van der Waals surface area contributed by atoms with Gasteiger partial charge in [0, 0.05) is 23.8 Å². The maximum absolute atomic E-state index is 12.2. The van der Waals surface area contributed by atoms with Crippen molar-refractivity contribution in [2.75, 3.05) is 11.1 Å². The van der Waals surface area contributed by atoms with Crippen molar-refractivity contribution >= 4 is 33.0 Å². The van der Waals surface area contributed by atoms with E-state index in [4.69, 9.17) is 11.6 Å². The molecule has 0 spiro atoms. The summed E-state index contributed by atoms with van der Waals surface area (Å²) in [6.07, 6.45) is 4.72. The summed E-state index contributed by atoms with van der Waals surface area (Å²) < 4.78 is 26.1. The first-order valence-electron chi connectivity index (χ1n) is 7.68. The zero-order valence-corrected chi connectivity index (χ0v) is 15.1. The van der Waals surface area contributed by atoms with Crippen molar-refractivity contribution in [2.24, 2.45) is 0 Å². The van der Waals surface area contributed by atoms with E-state index in [2.05, 4.69) is 15.4 Å². The lowest BCUT2D eigenvalue weighted by atomic mass is 10.3. The lowest BCUT2D eigenvalue weighted by molar-refractivity contribution is -0.115. The largest absolute Gasteiger partial charge is 0.325 e. The van der Waals surface area contributed by atoms with Crippen molar-refractivity contribution in [2.45, 2.75) is 11.3 Å².